The predicted octanol–water partition coefficient (Wildman–Crippen LogP) is 4.24. The number of nitrogens with zero attached hydrogens (tertiary/aromatic N) is 3. The van der Waals surface area contributed by atoms with Gasteiger partial charge in [0, 0.05) is 26.8 Å². The van der Waals surface area contributed by atoms with Crippen LogP contribution >= 0.6 is 11.8 Å². The molecule has 1 fully saturated rings. The number of benzene rings is 2. The first-order valence-corrected chi connectivity index (χ1v) is 9.70. The minimum absolute atomic E-state index is 0.122. The number of carbonyl (C=O) groups is 2. The van der Waals surface area contributed by atoms with Crippen LogP contribution in [0.5, 0.6) is 0 Å². The van der Waals surface area contributed by atoms with E-state index in [0.29, 0.717) is 15.8 Å². The van der Waals surface area contributed by atoms with Crippen LogP contribution in [0.3, 0.4) is 0 Å². The smallest absolute Gasteiger partial charge is 0.335 e. The van der Waals surface area contributed by atoms with Crippen molar-refractivity contribution < 1.29 is 14.7 Å². The van der Waals surface area contributed by atoms with Gasteiger partial charge < -0.3 is 10.0 Å². The Kier molecular flexibility index (Phi) is 6.19. The number of hydrogen-bond donors (Lipinski definition) is 1. The lowest BCUT2D eigenvalue weighted by molar-refractivity contribution is -0.121. The lowest BCUT2D eigenvalue weighted by atomic mass is 10.2. The molecule has 1 aliphatic heterocycles. The third-order valence-corrected chi connectivity index (χ3v) is 5.37. The van der Waals surface area contributed by atoms with Crippen LogP contribution in [0.15, 0.2) is 70.6 Å². The van der Waals surface area contributed by atoms with Gasteiger partial charge in [-0.25, -0.2) is 9.79 Å². The molecule has 7 heteroatoms. The van der Waals surface area contributed by atoms with Gasteiger partial charge in [-0.05, 0) is 59.8 Å². The summed E-state index contributed by atoms with van der Waals surface area (Å²) in [6.07, 6.45) is 5.57. The molecular formula is C22H21N3O3S. The van der Waals surface area contributed by atoms with Gasteiger partial charge in [-0.15, -0.1) is 0 Å². The van der Waals surface area contributed by atoms with E-state index in [0.717, 1.165) is 11.3 Å². The van der Waals surface area contributed by atoms with Crippen LogP contribution < -0.4 is 4.90 Å². The number of aliphatic imine (C=N–C) groups is 1. The van der Waals surface area contributed by atoms with E-state index in [1.54, 1.807) is 25.3 Å². The van der Waals surface area contributed by atoms with Gasteiger partial charge in [0.05, 0.1) is 16.2 Å². The molecule has 2 aromatic carbocycles. The van der Waals surface area contributed by atoms with Crippen molar-refractivity contribution in [2.75, 3.05) is 26.0 Å². The Morgan fingerprint density at radius 3 is 2.34 bits per heavy atom. The van der Waals surface area contributed by atoms with Crippen molar-refractivity contribution in [3.8, 4) is 0 Å². The monoisotopic (exact) mass is 407 g/mol. The van der Waals surface area contributed by atoms with Gasteiger partial charge in [-0.2, -0.15) is 0 Å². The number of carbonyl (C=O) groups excluding carboxylic acids is 1. The highest BCUT2D eigenvalue weighted by molar-refractivity contribution is 8.18. The molecule has 2 aromatic rings. The normalized spacial score (nSPS) is 16.9. The number of likely N-dealkylation sites (N-methyl/N-ethyl adjacent to an activating group) is 1. The van der Waals surface area contributed by atoms with E-state index < -0.39 is 5.97 Å². The summed E-state index contributed by atoms with van der Waals surface area (Å²) in [5.74, 6) is -1.11. The average molecular weight is 407 g/mol. The van der Waals surface area contributed by atoms with Crippen LogP contribution in [0.1, 0.15) is 15.9 Å². The number of carboxylic acid groups (broad SMARTS) is 1. The maximum Gasteiger partial charge on any atom is 0.335 e. The Labute approximate surface area is 173 Å². The van der Waals surface area contributed by atoms with Gasteiger partial charge >= 0.3 is 5.97 Å². The number of thioether (sulfide) groups is 1. The molecule has 0 atom stereocenters. The van der Waals surface area contributed by atoms with Gasteiger partial charge in [0.1, 0.15) is 0 Å². The molecule has 0 spiro atoms. The molecule has 0 bridgehead atoms. The average Bonchev–Trinajstić information content (AvgIpc) is 2.97. The first kappa shape index (κ1) is 20.4. The van der Waals surface area contributed by atoms with E-state index in [9.17, 15) is 9.59 Å². The van der Waals surface area contributed by atoms with Gasteiger partial charge in [-0.3, -0.25) is 9.69 Å². The molecule has 0 saturated carbocycles. The number of allylic oxidation sites excluding steroid dienone is 2. The van der Waals surface area contributed by atoms with Crippen LogP contribution in [-0.2, 0) is 4.79 Å². The highest BCUT2D eigenvalue weighted by Gasteiger charge is 2.29. The van der Waals surface area contributed by atoms with Crippen molar-refractivity contribution in [3.05, 3.63) is 76.7 Å². The van der Waals surface area contributed by atoms with Crippen LogP contribution in [-0.4, -0.2) is 48.2 Å². The number of hydrogen-bond acceptors (Lipinski definition) is 5. The Morgan fingerprint density at radius 2 is 1.76 bits per heavy atom. The van der Waals surface area contributed by atoms with Crippen LogP contribution in [0.4, 0.5) is 11.4 Å². The number of anilines is 1. The van der Waals surface area contributed by atoms with Gasteiger partial charge in [0.25, 0.3) is 5.91 Å². The molecule has 3 rings (SSSR count). The van der Waals surface area contributed by atoms with Crippen molar-refractivity contribution in [3.63, 3.8) is 0 Å². The summed E-state index contributed by atoms with van der Waals surface area (Å²) in [6.45, 7) is 0. The third-order valence-electron chi connectivity index (χ3n) is 4.29. The van der Waals surface area contributed by atoms with E-state index in [4.69, 9.17) is 5.11 Å². The van der Waals surface area contributed by atoms with Crippen LogP contribution in [0, 0.1) is 0 Å². The van der Waals surface area contributed by atoms with E-state index in [-0.39, 0.29) is 11.5 Å². The minimum Gasteiger partial charge on any atom is -0.478 e. The fourth-order valence-corrected chi connectivity index (χ4v) is 3.52. The zero-order valence-electron chi connectivity index (χ0n) is 16.4. The molecule has 1 aliphatic rings. The molecule has 0 aromatic heterocycles. The maximum absolute atomic E-state index is 12.5. The first-order valence-electron chi connectivity index (χ1n) is 8.89. The zero-order valence-corrected chi connectivity index (χ0v) is 17.2. The van der Waals surface area contributed by atoms with E-state index >= 15 is 0 Å². The lowest BCUT2D eigenvalue weighted by Crippen LogP contribution is -2.23. The summed E-state index contributed by atoms with van der Waals surface area (Å²) in [6, 6.07) is 14.3. The van der Waals surface area contributed by atoms with E-state index in [2.05, 4.69) is 4.99 Å². The van der Waals surface area contributed by atoms with Crippen LogP contribution in [0.2, 0.25) is 0 Å². The molecule has 148 valence electrons. The summed E-state index contributed by atoms with van der Waals surface area (Å²) in [4.78, 5) is 31.9. The summed E-state index contributed by atoms with van der Waals surface area (Å²) >= 11 is 1.29. The Bertz CT molecular complexity index is 1010. The summed E-state index contributed by atoms with van der Waals surface area (Å²) in [7, 11) is 5.66. The zero-order chi connectivity index (χ0) is 21.0. The second-order valence-corrected chi connectivity index (χ2v) is 7.60. The third kappa shape index (κ3) is 4.94. The Morgan fingerprint density at radius 1 is 1.10 bits per heavy atom. The molecule has 29 heavy (non-hydrogen) atoms. The number of carboxylic acids is 1. The van der Waals surface area contributed by atoms with Crippen molar-refractivity contribution >= 4 is 46.3 Å². The highest BCUT2D eigenvalue weighted by atomic mass is 32.2. The molecule has 0 unspecified atom stereocenters. The van der Waals surface area contributed by atoms with Crippen molar-refractivity contribution in [2.45, 2.75) is 0 Å². The molecule has 0 radical (unpaired) electrons. The predicted molar refractivity (Wildman–Crippen MR) is 119 cm³/mol. The SMILES string of the molecule is CN1C(=O)/C(=C/C=C/c2ccc(N(C)C)cc2)SC1=Nc1ccc(C(=O)O)cc1. The van der Waals surface area contributed by atoms with E-state index in [1.807, 2.05) is 55.4 Å². The number of aromatic carboxylic acids is 1. The Balaban J connectivity index is 1.72. The number of rotatable bonds is 5. The molecule has 1 saturated heterocycles. The fraction of sp³-hybridized carbons (Fsp3) is 0.136. The highest BCUT2D eigenvalue weighted by Crippen LogP contribution is 2.31. The second kappa shape index (κ2) is 8.79. The quantitative estimate of drug-likeness (QED) is 0.751. The molecule has 1 heterocycles. The van der Waals surface area contributed by atoms with Gasteiger partial charge in [-0.1, -0.05) is 24.3 Å². The first-order chi connectivity index (χ1) is 13.8. The molecule has 1 amide bonds. The van der Waals surface area contributed by atoms with Gasteiger partial charge in [0.2, 0.25) is 0 Å². The molecule has 1 N–H and O–H groups in total. The van der Waals surface area contributed by atoms with Crippen LogP contribution in [0.25, 0.3) is 6.08 Å². The standard InChI is InChI=1S/C22H21N3O3S/c1-24(2)18-13-7-15(8-14-18)5-4-6-19-20(26)25(3)22(29-19)23-17-11-9-16(10-12-17)21(27)28/h4-14H,1-3H3,(H,27,28)/b5-4+,19-6-,23-22?. The molecule has 6 nitrogen and oxygen atoms in total. The largest absolute Gasteiger partial charge is 0.478 e. The fourth-order valence-electron chi connectivity index (χ4n) is 2.58. The number of amidine groups is 1. The Hall–Kier alpha value is -3.32. The van der Waals surface area contributed by atoms with Crippen molar-refractivity contribution in [1.82, 2.24) is 4.90 Å². The van der Waals surface area contributed by atoms with Gasteiger partial charge in [0.15, 0.2) is 5.17 Å². The summed E-state index contributed by atoms with van der Waals surface area (Å²) in [5.41, 5.74) is 2.96. The number of amides is 1. The second-order valence-electron chi connectivity index (χ2n) is 6.59. The molecule has 0 aliphatic carbocycles. The van der Waals surface area contributed by atoms with Crippen molar-refractivity contribution in [1.29, 1.82) is 0 Å². The topological polar surface area (TPSA) is 73.2 Å². The summed E-state index contributed by atoms with van der Waals surface area (Å²) < 4.78 is 0. The minimum atomic E-state index is -0.986. The van der Waals surface area contributed by atoms with E-state index in [1.165, 1.54) is 28.8 Å². The van der Waals surface area contributed by atoms with Crippen molar-refractivity contribution in [2.24, 2.45) is 4.99 Å². The molecular weight excluding hydrogens is 386 g/mol. The summed E-state index contributed by atoms with van der Waals surface area (Å²) in [5, 5.41) is 9.51. The lowest BCUT2D eigenvalue weighted by Gasteiger charge is -2.11. The maximum atomic E-state index is 12.5.